The van der Waals surface area contributed by atoms with Crippen LogP contribution in [-0.4, -0.2) is 25.0 Å². The van der Waals surface area contributed by atoms with Crippen LogP contribution in [-0.2, 0) is 14.3 Å². The summed E-state index contributed by atoms with van der Waals surface area (Å²) in [6.45, 7) is 2.75. The Kier molecular flexibility index (Phi) is 7.14. The largest absolute Gasteiger partial charge is 0.466 e. The zero-order valence-electron chi connectivity index (χ0n) is 11.2. The van der Waals surface area contributed by atoms with Crippen LogP contribution in [0.5, 0.6) is 0 Å². The van der Waals surface area contributed by atoms with Crippen LogP contribution in [0.1, 0.15) is 51.9 Å². The second-order valence-electron chi connectivity index (χ2n) is 4.54. The van der Waals surface area contributed by atoms with Gasteiger partial charge in [-0.2, -0.15) is 0 Å². The molecule has 4 heteroatoms. The summed E-state index contributed by atoms with van der Waals surface area (Å²) >= 11 is 0. The van der Waals surface area contributed by atoms with Crippen molar-refractivity contribution >= 4 is 11.9 Å². The molecule has 1 amide bonds. The summed E-state index contributed by atoms with van der Waals surface area (Å²) in [7, 11) is 0. The second kappa shape index (κ2) is 8.72. The molecule has 0 radical (unpaired) electrons. The zero-order valence-corrected chi connectivity index (χ0v) is 11.2. The van der Waals surface area contributed by atoms with Crippen LogP contribution in [0.2, 0.25) is 0 Å². The topological polar surface area (TPSA) is 55.4 Å². The maximum absolute atomic E-state index is 11.6. The molecule has 0 aromatic rings. The average molecular weight is 253 g/mol. The Labute approximate surface area is 109 Å². The van der Waals surface area contributed by atoms with Gasteiger partial charge in [-0.1, -0.05) is 11.6 Å². The highest BCUT2D eigenvalue weighted by molar-refractivity contribution is 5.78. The lowest BCUT2D eigenvalue weighted by Crippen LogP contribution is -2.25. The Morgan fingerprint density at radius 2 is 2.22 bits per heavy atom. The van der Waals surface area contributed by atoms with Gasteiger partial charge in [-0.15, -0.1) is 0 Å². The van der Waals surface area contributed by atoms with E-state index in [9.17, 15) is 9.59 Å². The Hall–Kier alpha value is -1.32. The molecule has 0 spiro atoms. The first-order valence-corrected chi connectivity index (χ1v) is 6.82. The predicted octanol–water partition coefficient (Wildman–Crippen LogP) is 2.34. The maximum Gasteiger partial charge on any atom is 0.305 e. The van der Waals surface area contributed by atoms with E-state index in [1.165, 1.54) is 18.4 Å². The minimum atomic E-state index is -0.193. The van der Waals surface area contributed by atoms with Crippen molar-refractivity contribution in [1.29, 1.82) is 0 Å². The normalized spacial score (nSPS) is 14.8. The number of amides is 1. The molecule has 1 N–H and O–H groups in total. The Balaban J connectivity index is 2.06. The fourth-order valence-electron chi connectivity index (χ4n) is 2.03. The molecule has 0 fully saturated rings. The first-order chi connectivity index (χ1) is 8.72. The highest BCUT2D eigenvalue weighted by Gasteiger charge is 2.08. The standard InChI is InChI=1S/C14H23NO3/c1-2-18-14(17)9-6-10-15-13(16)11-12-7-4-3-5-8-12/h7H,2-6,8-11H2,1H3,(H,15,16). The molecule has 0 heterocycles. The molecule has 0 aliphatic heterocycles. The van der Waals surface area contributed by atoms with E-state index in [1.807, 2.05) is 0 Å². The van der Waals surface area contributed by atoms with Crippen LogP contribution in [0, 0.1) is 0 Å². The van der Waals surface area contributed by atoms with Gasteiger partial charge in [0.2, 0.25) is 5.91 Å². The number of nitrogens with one attached hydrogen (secondary N) is 1. The van der Waals surface area contributed by atoms with Gasteiger partial charge in [0.05, 0.1) is 6.61 Å². The first kappa shape index (κ1) is 14.7. The molecule has 0 unspecified atom stereocenters. The number of carbonyl (C=O) groups is 2. The highest BCUT2D eigenvalue weighted by Crippen LogP contribution is 2.19. The fraction of sp³-hybridized carbons (Fsp3) is 0.714. The molecule has 0 atom stereocenters. The summed E-state index contributed by atoms with van der Waals surface area (Å²) in [4.78, 5) is 22.7. The minimum absolute atomic E-state index is 0.0620. The number of esters is 1. The van der Waals surface area contributed by atoms with E-state index in [2.05, 4.69) is 11.4 Å². The van der Waals surface area contributed by atoms with Crippen LogP contribution in [0.25, 0.3) is 0 Å². The number of ether oxygens (including phenoxy) is 1. The quantitative estimate of drug-likeness (QED) is 0.430. The van der Waals surface area contributed by atoms with Crippen molar-refractivity contribution in [1.82, 2.24) is 5.32 Å². The third-order valence-electron chi connectivity index (χ3n) is 2.96. The van der Waals surface area contributed by atoms with Crippen molar-refractivity contribution in [2.45, 2.75) is 51.9 Å². The lowest BCUT2D eigenvalue weighted by molar-refractivity contribution is -0.143. The number of carbonyl (C=O) groups excluding carboxylic acids is 2. The van der Waals surface area contributed by atoms with Crippen LogP contribution in [0.15, 0.2) is 11.6 Å². The van der Waals surface area contributed by atoms with Crippen LogP contribution in [0.3, 0.4) is 0 Å². The molecule has 0 aromatic carbocycles. The van der Waals surface area contributed by atoms with Crippen LogP contribution >= 0.6 is 0 Å². The summed E-state index contributed by atoms with van der Waals surface area (Å²) in [5, 5.41) is 2.84. The van der Waals surface area contributed by atoms with Crippen molar-refractivity contribution in [3.8, 4) is 0 Å². The van der Waals surface area contributed by atoms with E-state index in [0.29, 0.717) is 32.4 Å². The Morgan fingerprint density at radius 1 is 1.39 bits per heavy atom. The second-order valence-corrected chi connectivity index (χ2v) is 4.54. The van der Waals surface area contributed by atoms with Crippen LogP contribution < -0.4 is 5.32 Å². The van der Waals surface area contributed by atoms with Gasteiger partial charge in [0.15, 0.2) is 0 Å². The highest BCUT2D eigenvalue weighted by atomic mass is 16.5. The molecule has 0 saturated heterocycles. The summed E-state index contributed by atoms with van der Waals surface area (Å²) in [5.41, 5.74) is 1.25. The molecule has 102 valence electrons. The molecule has 1 rings (SSSR count). The number of hydrogen-bond acceptors (Lipinski definition) is 3. The summed E-state index contributed by atoms with van der Waals surface area (Å²) in [6.07, 6.45) is 8.30. The molecular formula is C14H23NO3. The van der Waals surface area contributed by atoms with E-state index in [-0.39, 0.29) is 11.9 Å². The van der Waals surface area contributed by atoms with Gasteiger partial charge in [-0.25, -0.2) is 0 Å². The smallest absolute Gasteiger partial charge is 0.305 e. The number of rotatable bonds is 7. The van der Waals surface area contributed by atoms with Crippen LogP contribution in [0.4, 0.5) is 0 Å². The van der Waals surface area contributed by atoms with Crippen molar-refractivity contribution in [2.75, 3.05) is 13.2 Å². The maximum atomic E-state index is 11.6. The summed E-state index contributed by atoms with van der Waals surface area (Å²) in [6, 6.07) is 0. The lowest BCUT2D eigenvalue weighted by atomic mass is 9.97. The van der Waals surface area contributed by atoms with Gasteiger partial charge < -0.3 is 10.1 Å². The molecule has 18 heavy (non-hydrogen) atoms. The van der Waals surface area contributed by atoms with Gasteiger partial charge >= 0.3 is 5.97 Å². The van der Waals surface area contributed by atoms with E-state index < -0.39 is 0 Å². The molecular weight excluding hydrogens is 230 g/mol. The lowest BCUT2D eigenvalue weighted by Gasteiger charge is -2.12. The van der Waals surface area contributed by atoms with Gasteiger partial charge in [0, 0.05) is 19.4 Å². The predicted molar refractivity (Wildman–Crippen MR) is 70.0 cm³/mol. The number of allylic oxidation sites excluding steroid dienone is 1. The summed E-state index contributed by atoms with van der Waals surface area (Å²) in [5.74, 6) is -0.131. The fourth-order valence-corrected chi connectivity index (χ4v) is 2.03. The van der Waals surface area contributed by atoms with Crippen molar-refractivity contribution in [3.63, 3.8) is 0 Å². The SMILES string of the molecule is CCOC(=O)CCCNC(=O)CC1=CCCCC1. The van der Waals surface area contributed by atoms with Crippen molar-refractivity contribution in [3.05, 3.63) is 11.6 Å². The van der Waals surface area contributed by atoms with E-state index in [0.717, 1.165) is 12.8 Å². The molecule has 1 aliphatic carbocycles. The molecule has 0 saturated carbocycles. The molecule has 1 aliphatic rings. The molecule has 0 aromatic heterocycles. The first-order valence-electron chi connectivity index (χ1n) is 6.82. The minimum Gasteiger partial charge on any atom is -0.466 e. The van der Waals surface area contributed by atoms with E-state index in [4.69, 9.17) is 4.74 Å². The van der Waals surface area contributed by atoms with Gasteiger partial charge in [-0.3, -0.25) is 9.59 Å². The zero-order chi connectivity index (χ0) is 13.2. The van der Waals surface area contributed by atoms with Crippen molar-refractivity contribution in [2.24, 2.45) is 0 Å². The third kappa shape index (κ3) is 6.42. The third-order valence-corrected chi connectivity index (χ3v) is 2.96. The molecule has 4 nitrogen and oxygen atoms in total. The average Bonchev–Trinajstić information content (AvgIpc) is 2.36. The molecule has 0 bridgehead atoms. The summed E-state index contributed by atoms with van der Waals surface area (Å²) < 4.78 is 4.81. The number of hydrogen-bond donors (Lipinski definition) is 1. The van der Waals surface area contributed by atoms with Crippen molar-refractivity contribution < 1.29 is 14.3 Å². The van der Waals surface area contributed by atoms with Gasteiger partial charge in [-0.05, 0) is 39.0 Å². The Morgan fingerprint density at radius 3 is 2.89 bits per heavy atom. The monoisotopic (exact) mass is 253 g/mol. The van der Waals surface area contributed by atoms with Gasteiger partial charge in [0.25, 0.3) is 0 Å². The van der Waals surface area contributed by atoms with E-state index in [1.54, 1.807) is 6.92 Å². The van der Waals surface area contributed by atoms with E-state index >= 15 is 0 Å². The van der Waals surface area contributed by atoms with Gasteiger partial charge in [0.1, 0.15) is 0 Å². The Bertz CT molecular complexity index is 310.